The topological polar surface area (TPSA) is 278 Å². The van der Waals surface area contributed by atoms with Crippen LogP contribution < -0.4 is 16.0 Å². The van der Waals surface area contributed by atoms with E-state index in [0.717, 1.165) is 76.5 Å². The number of aromatic nitrogens is 3. The van der Waals surface area contributed by atoms with Gasteiger partial charge in [0.1, 0.15) is 11.4 Å². The quantitative estimate of drug-likeness (QED) is 0.0446. The predicted molar refractivity (Wildman–Crippen MR) is 300 cm³/mol. The van der Waals surface area contributed by atoms with Crippen molar-refractivity contribution >= 4 is 75.9 Å². The van der Waals surface area contributed by atoms with Gasteiger partial charge in [-0.3, -0.25) is 29.2 Å². The van der Waals surface area contributed by atoms with Gasteiger partial charge in [0.15, 0.2) is 0 Å². The van der Waals surface area contributed by atoms with Crippen molar-refractivity contribution in [1.82, 2.24) is 34.1 Å². The van der Waals surface area contributed by atoms with E-state index in [2.05, 4.69) is 78.1 Å². The summed E-state index contributed by atoms with van der Waals surface area (Å²) in [6.07, 6.45) is -8.47. The van der Waals surface area contributed by atoms with Crippen LogP contribution in [0, 0.1) is 0 Å². The van der Waals surface area contributed by atoms with Crippen molar-refractivity contribution in [2.24, 2.45) is 7.05 Å². The van der Waals surface area contributed by atoms with Crippen molar-refractivity contribution in [2.75, 3.05) is 82.8 Å². The molecule has 8 rings (SSSR count). The SMILES string of the molecule is Cn1cc(NC(=O)c2ccc(/C=C/c3ccncc3)cc2)cc1C(=O)Nc1cc(C(=O)NCCN2CCOCC2)n(CCCN2CCN(Cc3cccc4ccccc34)CC2)c1.O=C(O)C(F)(F)F.O=C(O)C(F)(F)F.O=C(O)C(F)(F)F.O=C(O)C(F)(F)F. The molecule has 33 heteroatoms. The molecule has 21 nitrogen and oxygen atoms in total. The average molecular weight is 1290 g/mol. The molecular weight excluding hydrogens is 1230 g/mol. The number of hydrogen-bond donors (Lipinski definition) is 7. The Hall–Kier alpha value is -9.34. The monoisotopic (exact) mass is 1290 g/mol. The van der Waals surface area contributed by atoms with Crippen LogP contribution in [-0.2, 0) is 44.1 Å². The lowest BCUT2D eigenvalue weighted by atomic mass is 10.0. The number of alkyl halides is 12. The van der Waals surface area contributed by atoms with Crippen LogP contribution in [0.15, 0.2) is 116 Å². The lowest BCUT2D eigenvalue weighted by molar-refractivity contribution is -0.193. The molecule has 6 aromatic rings. The van der Waals surface area contributed by atoms with Crippen LogP contribution in [0.2, 0.25) is 0 Å². The second-order valence-electron chi connectivity index (χ2n) is 19.2. The van der Waals surface area contributed by atoms with E-state index in [9.17, 15) is 67.1 Å². The van der Waals surface area contributed by atoms with E-state index in [4.69, 9.17) is 44.3 Å². The van der Waals surface area contributed by atoms with Crippen molar-refractivity contribution in [3.8, 4) is 0 Å². The molecule has 3 amide bonds. The molecule has 2 saturated heterocycles. The Labute approximate surface area is 503 Å². The number of piperazine rings is 1. The third-order valence-electron chi connectivity index (χ3n) is 12.6. The van der Waals surface area contributed by atoms with Gasteiger partial charge in [0.05, 0.1) is 24.6 Å². The minimum absolute atomic E-state index is 0.178. The zero-order valence-electron chi connectivity index (χ0n) is 47.3. The Kier molecular flexibility index (Phi) is 27.5. The summed E-state index contributed by atoms with van der Waals surface area (Å²) in [4.78, 5) is 87.4. The second kappa shape index (κ2) is 33.9. The molecule has 0 saturated carbocycles. The normalized spacial score (nSPS) is 14.0. The number of hydrogen-bond acceptors (Lipinski definition) is 12. The maximum atomic E-state index is 13.7. The summed E-state index contributed by atoms with van der Waals surface area (Å²) in [6, 6.07) is 29.7. The number of anilines is 2. The van der Waals surface area contributed by atoms with Crippen molar-refractivity contribution in [1.29, 1.82) is 0 Å². The van der Waals surface area contributed by atoms with Crippen LogP contribution in [0.3, 0.4) is 0 Å². The van der Waals surface area contributed by atoms with Gasteiger partial charge in [0.25, 0.3) is 17.7 Å². The first kappa shape index (κ1) is 73.1. The van der Waals surface area contributed by atoms with Crippen LogP contribution in [0.5, 0.6) is 0 Å². The van der Waals surface area contributed by atoms with Crippen LogP contribution in [0.4, 0.5) is 64.1 Å². The average Bonchev–Trinajstić information content (AvgIpc) is 1.59. The Bertz CT molecular complexity index is 3270. The molecule has 0 radical (unpaired) electrons. The van der Waals surface area contributed by atoms with Crippen molar-refractivity contribution < 1.29 is 111 Å². The van der Waals surface area contributed by atoms with E-state index in [1.54, 1.807) is 54.5 Å². The first-order valence-electron chi connectivity index (χ1n) is 26.5. The van der Waals surface area contributed by atoms with Crippen LogP contribution in [-0.4, -0.2) is 188 Å². The molecule has 5 heterocycles. The van der Waals surface area contributed by atoms with E-state index in [0.29, 0.717) is 54.6 Å². The number of amides is 3. The first-order chi connectivity index (χ1) is 42.1. The molecule has 3 aromatic heterocycles. The number of fused-ring (bicyclic) bond motifs is 1. The number of benzene rings is 3. The maximum Gasteiger partial charge on any atom is 0.490 e. The van der Waals surface area contributed by atoms with Crippen LogP contribution >= 0.6 is 0 Å². The van der Waals surface area contributed by atoms with E-state index in [1.165, 1.54) is 16.3 Å². The molecule has 0 bridgehead atoms. The Morgan fingerprint density at radius 1 is 0.533 bits per heavy atom. The fourth-order valence-electron chi connectivity index (χ4n) is 8.17. The van der Waals surface area contributed by atoms with E-state index < -0.39 is 48.6 Å². The zero-order valence-corrected chi connectivity index (χ0v) is 47.3. The predicted octanol–water partition coefficient (Wildman–Crippen LogP) is 8.85. The number of carbonyl (C=O) groups excluding carboxylic acids is 3. The third kappa shape index (κ3) is 25.4. The molecule has 7 N–H and O–H groups in total. The maximum absolute atomic E-state index is 13.7. The fourth-order valence-corrected chi connectivity index (χ4v) is 8.17. The van der Waals surface area contributed by atoms with Gasteiger partial charge in [-0.15, -0.1) is 0 Å². The summed E-state index contributed by atoms with van der Waals surface area (Å²) in [5.74, 6) is -11.8. The van der Waals surface area contributed by atoms with Gasteiger partial charge < -0.3 is 55.1 Å². The van der Waals surface area contributed by atoms with Gasteiger partial charge in [-0.25, -0.2) is 19.2 Å². The molecule has 3 aromatic carbocycles. The van der Waals surface area contributed by atoms with E-state index in [1.807, 2.05) is 47.2 Å². The van der Waals surface area contributed by atoms with Gasteiger partial charge in [-0.2, -0.15) is 52.7 Å². The summed E-state index contributed by atoms with van der Waals surface area (Å²) >= 11 is 0. The number of morpholine rings is 1. The summed E-state index contributed by atoms with van der Waals surface area (Å²) in [5, 5.41) is 40.1. The number of carboxylic acid groups (broad SMARTS) is 4. The minimum Gasteiger partial charge on any atom is -0.475 e. The Morgan fingerprint density at radius 2 is 1.00 bits per heavy atom. The molecule has 0 spiro atoms. The number of aryl methyl sites for hydroxylation is 2. The molecule has 0 unspecified atom stereocenters. The molecule has 2 aliphatic rings. The van der Waals surface area contributed by atoms with Gasteiger partial charge in [-0.1, -0.05) is 66.7 Å². The van der Waals surface area contributed by atoms with Crippen molar-refractivity contribution in [3.63, 3.8) is 0 Å². The highest BCUT2D eigenvalue weighted by Gasteiger charge is 2.40. The summed E-state index contributed by atoms with van der Waals surface area (Å²) < 4.78 is 136. The lowest BCUT2D eigenvalue weighted by Gasteiger charge is -2.35. The van der Waals surface area contributed by atoms with Gasteiger partial charge in [0.2, 0.25) is 0 Å². The van der Waals surface area contributed by atoms with E-state index in [-0.39, 0.29) is 17.7 Å². The number of rotatable bonds is 16. The summed E-state index contributed by atoms with van der Waals surface area (Å²) in [6.45, 7) is 10.8. The van der Waals surface area contributed by atoms with Crippen molar-refractivity contribution in [3.05, 3.63) is 149 Å². The van der Waals surface area contributed by atoms with Gasteiger partial charge >= 0.3 is 48.6 Å². The Morgan fingerprint density at radius 3 is 1.54 bits per heavy atom. The number of pyridine rings is 1. The number of ether oxygens (including phenoxy) is 1. The number of halogens is 12. The fraction of sp³-hybridized carbons (Fsp3) is 0.333. The standard InChI is InChI=1S/C49H55N9O4.4C2HF3O2/c1-54-35-42(52-47(59)40-14-12-37(13-15-40)10-11-38-16-18-50-19-17-38)32-45(54)49(61)53-43-33-46(48(60)51-20-23-56-28-30-62-31-29-56)58(36-43)22-5-21-55-24-26-57(27-25-55)34-41-8-4-7-39-6-2-3-9-44(39)41;4*3-2(4,5)1(6)7/h2-4,6-19,32-33,35-36H,5,20-31,34H2,1H3,(H,51,60)(H,52,59)(H,53,61);4*(H,6,7)/b11-10+;;;;. The number of nitrogens with one attached hydrogen (secondary N) is 3. The number of aliphatic carboxylic acids is 4. The second-order valence-corrected chi connectivity index (χ2v) is 19.2. The molecule has 2 fully saturated rings. The highest BCUT2D eigenvalue weighted by molar-refractivity contribution is 6.07. The minimum atomic E-state index is -5.08. The summed E-state index contributed by atoms with van der Waals surface area (Å²) in [5.41, 5.74) is 5.75. The van der Waals surface area contributed by atoms with Crippen LogP contribution in [0.25, 0.3) is 22.9 Å². The molecule has 2 aliphatic heterocycles. The highest BCUT2D eigenvalue weighted by atomic mass is 19.4. The Balaban J connectivity index is 0.000000512. The molecule has 90 heavy (non-hydrogen) atoms. The zero-order chi connectivity index (χ0) is 67.0. The van der Waals surface area contributed by atoms with Gasteiger partial charge in [0, 0.05) is 103 Å². The largest absolute Gasteiger partial charge is 0.490 e. The van der Waals surface area contributed by atoms with E-state index >= 15 is 0 Å². The number of nitrogens with zero attached hydrogens (tertiary/aromatic N) is 6. The molecule has 488 valence electrons. The highest BCUT2D eigenvalue weighted by Crippen LogP contribution is 2.23. The summed E-state index contributed by atoms with van der Waals surface area (Å²) in [7, 11) is 1.76. The first-order valence-corrected chi connectivity index (χ1v) is 26.5. The lowest BCUT2D eigenvalue weighted by Crippen LogP contribution is -2.46. The molecule has 0 aliphatic carbocycles. The van der Waals surface area contributed by atoms with Crippen molar-refractivity contribution in [2.45, 2.75) is 44.2 Å². The molecular formula is C57H59F12N9O12. The van der Waals surface area contributed by atoms with Gasteiger partial charge in [-0.05, 0) is 76.8 Å². The number of carbonyl (C=O) groups is 7. The molecule has 0 atom stereocenters. The smallest absolute Gasteiger partial charge is 0.475 e. The third-order valence-corrected chi connectivity index (χ3v) is 12.6. The van der Waals surface area contributed by atoms with Crippen LogP contribution in [0.1, 0.15) is 54.4 Å². The number of carboxylic acids is 4.